The monoisotopic (exact) mass is 346 g/mol. The number of hydrogen-bond acceptors (Lipinski definition) is 3. The van der Waals surface area contributed by atoms with Crippen molar-refractivity contribution in [3.63, 3.8) is 0 Å². The molecule has 1 aliphatic rings. The molecule has 0 saturated heterocycles. The lowest BCUT2D eigenvalue weighted by atomic mass is 10.1. The molecule has 0 atom stereocenters. The van der Waals surface area contributed by atoms with Crippen LogP contribution in [0.1, 0.15) is 22.4 Å². The summed E-state index contributed by atoms with van der Waals surface area (Å²) in [4.78, 5) is 12.3. The van der Waals surface area contributed by atoms with Crippen molar-refractivity contribution in [2.45, 2.75) is 33.1 Å². The van der Waals surface area contributed by atoms with Gasteiger partial charge in [0, 0.05) is 31.4 Å². The second-order valence-electron chi connectivity index (χ2n) is 6.68. The van der Waals surface area contributed by atoms with Crippen molar-refractivity contribution < 1.29 is 4.79 Å². The molecule has 0 bridgehead atoms. The topological polar surface area (TPSA) is 59.0 Å². The van der Waals surface area contributed by atoms with Gasteiger partial charge in [0.15, 0.2) is 0 Å². The molecule has 26 heavy (non-hydrogen) atoms. The summed E-state index contributed by atoms with van der Waals surface area (Å²) in [7, 11) is 0. The lowest BCUT2D eigenvalue weighted by molar-refractivity contribution is -0.122. The number of nitrogens with zero attached hydrogens (tertiary/aromatic N) is 2. The van der Waals surface area contributed by atoms with Crippen LogP contribution in [0.5, 0.6) is 0 Å². The van der Waals surface area contributed by atoms with Gasteiger partial charge in [-0.3, -0.25) is 9.48 Å². The first-order valence-corrected chi connectivity index (χ1v) is 8.86. The van der Waals surface area contributed by atoms with E-state index >= 15 is 0 Å². The minimum absolute atomic E-state index is 0.0364. The van der Waals surface area contributed by atoms with E-state index in [9.17, 15) is 4.79 Å². The van der Waals surface area contributed by atoms with Crippen molar-refractivity contribution in [1.29, 1.82) is 0 Å². The Morgan fingerprint density at radius 2 is 1.96 bits per heavy atom. The molecule has 2 N–H and O–H groups in total. The van der Waals surface area contributed by atoms with Gasteiger partial charge in [0.1, 0.15) is 6.54 Å². The SMILES string of the molecule is Cc1nn(CC(=O)NCc2ccc3c(c2)CNC3)cc1-c1ccccc1. The standard InChI is InChI=1S/C21H22N4O/c1-15-20(17-5-3-2-4-6-17)13-25(24-15)14-21(26)23-10-16-7-8-18-11-22-12-19(18)9-16/h2-9,13,22H,10-12,14H2,1H3,(H,23,26). The van der Waals surface area contributed by atoms with Crippen LogP contribution in [0.25, 0.3) is 11.1 Å². The summed E-state index contributed by atoms with van der Waals surface area (Å²) in [6, 6.07) is 16.5. The Labute approximate surface area is 153 Å². The number of benzene rings is 2. The number of hydrogen-bond donors (Lipinski definition) is 2. The molecule has 132 valence electrons. The van der Waals surface area contributed by atoms with E-state index in [2.05, 4.69) is 46.1 Å². The molecule has 3 aromatic rings. The number of carbonyl (C=O) groups is 1. The van der Waals surface area contributed by atoms with Gasteiger partial charge in [0.05, 0.1) is 5.69 Å². The summed E-state index contributed by atoms with van der Waals surface area (Å²) in [6.45, 7) is 4.57. The fourth-order valence-corrected chi connectivity index (χ4v) is 3.36. The molecular formula is C21H22N4O. The molecule has 5 nitrogen and oxygen atoms in total. The van der Waals surface area contributed by atoms with Crippen LogP contribution in [0.15, 0.2) is 54.7 Å². The molecule has 0 unspecified atom stereocenters. The van der Waals surface area contributed by atoms with Crippen molar-refractivity contribution in [2.24, 2.45) is 0 Å². The molecule has 5 heteroatoms. The highest BCUT2D eigenvalue weighted by molar-refractivity contribution is 5.76. The molecule has 1 amide bonds. The van der Waals surface area contributed by atoms with Gasteiger partial charge >= 0.3 is 0 Å². The van der Waals surface area contributed by atoms with Crippen molar-refractivity contribution in [3.8, 4) is 11.1 Å². The maximum Gasteiger partial charge on any atom is 0.241 e. The Bertz CT molecular complexity index is 930. The van der Waals surface area contributed by atoms with Crippen molar-refractivity contribution in [3.05, 3.63) is 77.1 Å². The molecule has 2 heterocycles. The van der Waals surface area contributed by atoms with Gasteiger partial charge in [0.25, 0.3) is 0 Å². The molecule has 4 rings (SSSR count). The predicted molar refractivity (Wildman–Crippen MR) is 101 cm³/mol. The molecular weight excluding hydrogens is 324 g/mol. The quantitative estimate of drug-likeness (QED) is 0.747. The highest BCUT2D eigenvalue weighted by atomic mass is 16.2. The van der Waals surface area contributed by atoms with E-state index in [0.29, 0.717) is 6.54 Å². The number of amides is 1. The third kappa shape index (κ3) is 3.53. The summed E-state index contributed by atoms with van der Waals surface area (Å²) in [6.07, 6.45) is 1.94. The number of nitrogens with one attached hydrogen (secondary N) is 2. The van der Waals surface area contributed by atoms with Crippen LogP contribution in [-0.2, 0) is 31.0 Å². The zero-order chi connectivity index (χ0) is 17.9. The lowest BCUT2D eigenvalue weighted by Gasteiger charge is -2.07. The van der Waals surface area contributed by atoms with Gasteiger partial charge in [-0.1, -0.05) is 48.5 Å². The third-order valence-electron chi connectivity index (χ3n) is 4.73. The molecule has 0 spiro atoms. The molecule has 0 radical (unpaired) electrons. The van der Waals surface area contributed by atoms with Crippen molar-refractivity contribution >= 4 is 5.91 Å². The van der Waals surface area contributed by atoms with Crippen LogP contribution < -0.4 is 10.6 Å². The second kappa shape index (κ2) is 7.14. The van der Waals surface area contributed by atoms with E-state index in [-0.39, 0.29) is 12.5 Å². The fourth-order valence-electron chi connectivity index (χ4n) is 3.36. The highest BCUT2D eigenvalue weighted by Gasteiger charge is 2.12. The van der Waals surface area contributed by atoms with Crippen LogP contribution >= 0.6 is 0 Å². The lowest BCUT2D eigenvalue weighted by Crippen LogP contribution is -2.27. The van der Waals surface area contributed by atoms with Gasteiger partial charge in [-0.05, 0) is 29.2 Å². The Balaban J connectivity index is 1.38. The average Bonchev–Trinajstić information content (AvgIpc) is 3.26. The van der Waals surface area contributed by atoms with Gasteiger partial charge in [0.2, 0.25) is 5.91 Å². The minimum Gasteiger partial charge on any atom is -0.350 e. The van der Waals surface area contributed by atoms with E-state index < -0.39 is 0 Å². The highest BCUT2D eigenvalue weighted by Crippen LogP contribution is 2.22. The first kappa shape index (κ1) is 16.5. The summed E-state index contributed by atoms with van der Waals surface area (Å²) in [5.41, 5.74) is 6.90. The van der Waals surface area contributed by atoms with E-state index in [1.165, 1.54) is 11.1 Å². The van der Waals surface area contributed by atoms with Crippen LogP contribution in [-0.4, -0.2) is 15.7 Å². The zero-order valence-corrected chi connectivity index (χ0v) is 14.8. The predicted octanol–water partition coefficient (Wildman–Crippen LogP) is 2.78. The summed E-state index contributed by atoms with van der Waals surface area (Å²) in [5, 5.41) is 10.8. The van der Waals surface area contributed by atoms with Crippen LogP contribution in [0.2, 0.25) is 0 Å². The molecule has 0 saturated carbocycles. The molecule has 0 fully saturated rings. The Kier molecular flexibility index (Phi) is 4.54. The smallest absolute Gasteiger partial charge is 0.241 e. The largest absolute Gasteiger partial charge is 0.350 e. The second-order valence-corrected chi connectivity index (χ2v) is 6.68. The van der Waals surface area contributed by atoms with Crippen molar-refractivity contribution in [2.75, 3.05) is 0 Å². The van der Waals surface area contributed by atoms with Crippen LogP contribution in [0.3, 0.4) is 0 Å². The van der Waals surface area contributed by atoms with Crippen molar-refractivity contribution in [1.82, 2.24) is 20.4 Å². The Hall–Kier alpha value is -2.92. The third-order valence-corrected chi connectivity index (χ3v) is 4.73. The fraction of sp³-hybridized carbons (Fsp3) is 0.238. The van der Waals surface area contributed by atoms with E-state index in [4.69, 9.17) is 0 Å². The molecule has 0 aliphatic carbocycles. The summed E-state index contributed by atoms with van der Waals surface area (Å²) < 4.78 is 1.71. The van der Waals surface area contributed by atoms with E-state index in [1.807, 2.05) is 31.3 Å². The van der Waals surface area contributed by atoms with E-state index in [0.717, 1.165) is 35.5 Å². The average molecular weight is 346 g/mol. The first-order valence-electron chi connectivity index (χ1n) is 8.86. The molecule has 1 aliphatic heterocycles. The maximum atomic E-state index is 12.3. The Morgan fingerprint density at radius 1 is 1.15 bits per heavy atom. The van der Waals surface area contributed by atoms with Gasteiger partial charge in [-0.2, -0.15) is 5.10 Å². The zero-order valence-electron chi connectivity index (χ0n) is 14.8. The van der Waals surface area contributed by atoms with Crippen LogP contribution in [0.4, 0.5) is 0 Å². The van der Waals surface area contributed by atoms with Crippen LogP contribution in [0, 0.1) is 6.92 Å². The van der Waals surface area contributed by atoms with Gasteiger partial charge < -0.3 is 10.6 Å². The first-order chi connectivity index (χ1) is 12.7. The summed E-state index contributed by atoms with van der Waals surface area (Å²) in [5.74, 6) is -0.0364. The number of fused-ring (bicyclic) bond motifs is 1. The normalized spacial score (nSPS) is 12.8. The van der Waals surface area contributed by atoms with E-state index in [1.54, 1.807) is 4.68 Å². The number of carbonyl (C=O) groups excluding carboxylic acids is 1. The minimum atomic E-state index is -0.0364. The number of rotatable bonds is 5. The molecule has 2 aromatic carbocycles. The number of aryl methyl sites for hydroxylation is 1. The number of aromatic nitrogens is 2. The Morgan fingerprint density at radius 3 is 2.81 bits per heavy atom. The maximum absolute atomic E-state index is 12.3. The molecule has 1 aromatic heterocycles. The van der Waals surface area contributed by atoms with Gasteiger partial charge in [-0.25, -0.2) is 0 Å². The van der Waals surface area contributed by atoms with Gasteiger partial charge in [-0.15, -0.1) is 0 Å². The summed E-state index contributed by atoms with van der Waals surface area (Å²) >= 11 is 0.